The van der Waals surface area contributed by atoms with Crippen LogP contribution in [0.5, 0.6) is 0 Å². The molecule has 1 aromatic rings. The number of nitrogens with one attached hydrogen (secondary N) is 1. The van der Waals surface area contributed by atoms with E-state index in [-0.39, 0.29) is 24.1 Å². The van der Waals surface area contributed by atoms with Gasteiger partial charge in [0, 0.05) is 31.3 Å². The fourth-order valence-corrected chi connectivity index (χ4v) is 3.02. The summed E-state index contributed by atoms with van der Waals surface area (Å²) in [4.78, 5) is 12.0. The van der Waals surface area contributed by atoms with E-state index in [9.17, 15) is 9.18 Å². The molecule has 2 rings (SSSR count). The predicted octanol–water partition coefficient (Wildman–Crippen LogP) is 2.10. The second-order valence-electron chi connectivity index (χ2n) is 5.17. The van der Waals surface area contributed by atoms with Crippen LogP contribution in [0.2, 0.25) is 0 Å². The van der Waals surface area contributed by atoms with Crippen molar-refractivity contribution in [1.29, 1.82) is 0 Å². The van der Waals surface area contributed by atoms with Crippen molar-refractivity contribution in [3.63, 3.8) is 0 Å². The van der Waals surface area contributed by atoms with E-state index in [0.29, 0.717) is 43.9 Å². The minimum atomic E-state index is -0.797. The fraction of sp³-hybridized carbons (Fsp3) is 0.533. The molecule has 1 saturated heterocycles. The Kier molecular flexibility index (Phi) is 8.17. The van der Waals surface area contributed by atoms with Crippen molar-refractivity contribution in [2.75, 3.05) is 25.5 Å². The number of amides is 1. The molecule has 3 N–H and O–H groups in total. The summed E-state index contributed by atoms with van der Waals surface area (Å²) in [5.74, 6) is 1.03. The van der Waals surface area contributed by atoms with Gasteiger partial charge in [0.1, 0.15) is 5.82 Å². The van der Waals surface area contributed by atoms with Crippen LogP contribution >= 0.6 is 24.2 Å². The quantitative estimate of drug-likeness (QED) is 0.773. The minimum absolute atomic E-state index is 0. The van der Waals surface area contributed by atoms with Gasteiger partial charge in [-0.05, 0) is 24.5 Å². The lowest BCUT2D eigenvalue weighted by atomic mass is 9.90. The van der Waals surface area contributed by atoms with Crippen LogP contribution < -0.4 is 11.1 Å². The maximum Gasteiger partial charge on any atom is 0.240 e. The zero-order valence-electron chi connectivity index (χ0n) is 12.3. The van der Waals surface area contributed by atoms with Crippen LogP contribution in [0.25, 0.3) is 0 Å². The minimum Gasteiger partial charge on any atom is -0.381 e. The normalized spacial score (nSPS) is 16.6. The van der Waals surface area contributed by atoms with E-state index in [1.54, 1.807) is 23.9 Å². The number of hydrogen-bond acceptors (Lipinski definition) is 4. The Morgan fingerprint density at radius 2 is 2.05 bits per heavy atom. The number of benzene rings is 1. The van der Waals surface area contributed by atoms with Gasteiger partial charge in [0.15, 0.2) is 0 Å². The van der Waals surface area contributed by atoms with Crippen molar-refractivity contribution in [1.82, 2.24) is 5.32 Å². The fourth-order valence-electron chi connectivity index (χ4n) is 2.17. The zero-order chi connectivity index (χ0) is 15.1. The SMILES string of the molecule is Cl.NC1(C(=O)NCCSCc2ccccc2F)CCOCC1. The molecule has 0 saturated carbocycles. The average Bonchev–Trinajstić information content (AvgIpc) is 2.49. The predicted molar refractivity (Wildman–Crippen MR) is 89.8 cm³/mol. The summed E-state index contributed by atoms with van der Waals surface area (Å²) >= 11 is 1.59. The Morgan fingerprint density at radius 3 is 2.73 bits per heavy atom. The maximum atomic E-state index is 13.4. The third kappa shape index (κ3) is 5.43. The zero-order valence-corrected chi connectivity index (χ0v) is 14.0. The topological polar surface area (TPSA) is 64.4 Å². The highest BCUT2D eigenvalue weighted by Crippen LogP contribution is 2.18. The van der Waals surface area contributed by atoms with Gasteiger partial charge in [0.2, 0.25) is 5.91 Å². The molecule has 0 radical (unpaired) electrons. The molecule has 0 aliphatic carbocycles. The van der Waals surface area contributed by atoms with Crippen LogP contribution in [-0.4, -0.2) is 37.0 Å². The molecule has 1 aromatic carbocycles. The van der Waals surface area contributed by atoms with E-state index in [1.807, 2.05) is 6.07 Å². The number of carbonyl (C=O) groups is 1. The summed E-state index contributed by atoms with van der Waals surface area (Å²) < 4.78 is 18.6. The van der Waals surface area contributed by atoms with Crippen molar-refractivity contribution in [2.45, 2.75) is 24.1 Å². The molecule has 1 heterocycles. The van der Waals surface area contributed by atoms with Gasteiger partial charge >= 0.3 is 0 Å². The van der Waals surface area contributed by atoms with Crippen molar-refractivity contribution >= 4 is 30.1 Å². The molecule has 0 bridgehead atoms. The van der Waals surface area contributed by atoms with E-state index in [2.05, 4.69) is 5.32 Å². The van der Waals surface area contributed by atoms with E-state index in [1.165, 1.54) is 6.07 Å². The van der Waals surface area contributed by atoms with E-state index in [4.69, 9.17) is 10.5 Å². The molecule has 1 aliphatic rings. The molecule has 0 unspecified atom stereocenters. The maximum absolute atomic E-state index is 13.4. The summed E-state index contributed by atoms with van der Waals surface area (Å²) in [5.41, 5.74) is 5.97. The van der Waals surface area contributed by atoms with Crippen LogP contribution in [0.1, 0.15) is 18.4 Å². The lowest BCUT2D eigenvalue weighted by molar-refractivity contribution is -0.129. The van der Waals surface area contributed by atoms with Crippen molar-refractivity contribution in [3.05, 3.63) is 35.6 Å². The second-order valence-corrected chi connectivity index (χ2v) is 6.27. The number of nitrogens with two attached hydrogens (primary N) is 1. The van der Waals surface area contributed by atoms with Gasteiger partial charge in [-0.1, -0.05) is 18.2 Å². The van der Waals surface area contributed by atoms with Gasteiger partial charge < -0.3 is 15.8 Å². The Labute approximate surface area is 140 Å². The molecule has 124 valence electrons. The molecule has 22 heavy (non-hydrogen) atoms. The summed E-state index contributed by atoms with van der Waals surface area (Å²) in [6, 6.07) is 6.74. The first kappa shape index (κ1) is 19.2. The number of halogens is 2. The molecule has 1 amide bonds. The summed E-state index contributed by atoms with van der Waals surface area (Å²) in [6.07, 6.45) is 1.11. The molecule has 7 heteroatoms. The number of rotatable bonds is 6. The second kappa shape index (κ2) is 9.35. The van der Waals surface area contributed by atoms with Gasteiger partial charge in [0.05, 0.1) is 5.54 Å². The highest BCUT2D eigenvalue weighted by atomic mass is 35.5. The summed E-state index contributed by atoms with van der Waals surface area (Å²) in [5, 5.41) is 2.86. The number of hydrogen-bond donors (Lipinski definition) is 2. The molecule has 0 aromatic heterocycles. The van der Waals surface area contributed by atoms with E-state index < -0.39 is 5.54 Å². The Morgan fingerprint density at radius 1 is 1.36 bits per heavy atom. The molecular weight excluding hydrogens is 327 g/mol. The van der Waals surface area contributed by atoms with Gasteiger partial charge in [-0.2, -0.15) is 11.8 Å². The third-order valence-corrected chi connectivity index (χ3v) is 4.59. The molecule has 0 spiro atoms. The lowest BCUT2D eigenvalue weighted by Crippen LogP contribution is -2.57. The lowest BCUT2D eigenvalue weighted by Gasteiger charge is -2.31. The van der Waals surface area contributed by atoms with Gasteiger partial charge in [0.25, 0.3) is 0 Å². The van der Waals surface area contributed by atoms with Crippen molar-refractivity contribution in [3.8, 4) is 0 Å². The molecule has 1 fully saturated rings. The Bertz CT molecular complexity index is 484. The smallest absolute Gasteiger partial charge is 0.240 e. The number of carbonyl (C=O) groups excluding carboxylic acids is 1. The van der Waals surface area contributed by atoms with E-state index in [0.717, 1.165) is 5.75 Å². The first-order valence-corrected chi connectivity index (χ1v) is 8.23. The Hall–Kier alpha value is -0.820. The van der Waals surface area contributed by atoms with E-state index >= 15 is 0 Å². The van der Waals surface area contributed by atoms with Crippen LogP contribution in [0.3, 0.4) is 0 Å². The van der Waals surface area contributed by atoms with Gasteiger partial charge in [-0.3, -0.25) is 4.79 Å². The van der Waals surface area contributed by atoms with Crippen LogP contribution in [-0.2, 0) is 15.3 Å². The number of thioether (sulfide) groups is 1. The average molecular weight is 349 g/mol. The van der Waals surface area contributed by atoms with Gasteiger partial charge in [-0.15, -0.1) is 12.4 Å². The largest absolute Gasteiger partial charge is 0.381 e. The highest BCUT2D eigenvalue weighted by molar-refractivity contribution is 7.98. The van der Waals surface area contributed by atoms with Crippen molar-refractivity contribution < 1.29 is 13.9 Å². The molecule has 0 atom stereocenters. The molecule has 4 nitrogen and oxygen atoms in total. The number of ether oxygens (including phenoxy) is 1. The van der Waals surface area contributed by atoms with Crippen LogP contribution in [0, 0.1) is 5.82 Å². The molecule has 1 aliphatic heterocycles. The Balaban J connectivity index is 0.00000242. The summed E-state index contributed by atoms with van der Waals surface area (Å²) in [6.45, 7) is 1.61. The van der Waals surface area contributed by atoms with Crippen LogP contribution in [0.15, 0.2) is 24.3 Å². The van der Waals surface area contributed by atoms with Gasteiger partial charge in [-0.25, -0.2) is 4.39 Å². The summed E-state index contributed by atoms with van der Waals surface area (Å²) in [7, 11) is 0. The first-order chi connectivity index (χ1) is 10.1. The first-order valence-electron chi connectivity index (χ1n) is 7.08. The standard InChI is InChI=1S/C15H21FN2O2S.ClH/c16-13-4-2-1-3-12(13)11-21-10-7-18-14(19)15(17)5-8-20-9-6-15;/h1-4H,5-11,17H2,(H,18,19);1H. The highest BCUT2D eigenvalue weighted by Gasteiger charge is 2.35. The molecular formula is C15H22ClFN2O2S. The third-order valence-electron chi connectivity index (χ3n) is 3.58. The monoisotopic (exact) mass is 348 g/mol. The van der Waals surface area contributed by atoms with Crippen molar-refractivity contribution in [2.24, 2.45) is 5.73 Å². The van der Waals surface area contributed by atoms with Crippen LogP contribution in [0.4, 0.5) is 4.39 Å².